The molecule has 0 spiro atoms. The van der Waals surface area contributed by atoms with Gasteiger partial charge in [-0.05, 0) is 32.0 Å². The highest BCUT2D eigenvalue weighted by atomic mass is 32.1. The molecule has 0 aliphatic heterocycles. The summed E-state index contributed by atoms with van der Waals surface area (Å²) in [6, 6.07) is 0. The quantitative estimate of drug-likeness (QED) is 0.499. The minimum absolute atomic E-state index is 0.184. The number of isothiocyanates is 1. The second-order valence-corrected chi connectivity index (χ2v) is 2.56. The smallest absolute Gasteiger partial charge is 0.129 e. The van der Waals surface area contributed by atoms with Gasteiger partial charge in [0.15, 0.2) is 0 Å². The van der Waals surface area contributed by atoms with Gasteiger partial charge in [-0.2, -0.15) is 0 Å². The summed E-state index contributed by atoms with van der Waals surface area (Å²) in [7, 11) is 0. The SMILES string of the molecule is CC(=O)CCCC(N)N=C=S. The third-order valence-electron chi connectivity index (χ3n) is 1.25. The topological polar surface area (TPSA) is 55.5 Å². The molecule has 0 aliphatic carbocycles. The van der Waals surface area contributed by atoms with Crippen molar-refractivity contribution in [2.75, 3.05) is 0 Å². The molecule has 0 rings (SSSR count). The lowest BCUT2D eigenvalue weighted by molar-refractivity contribution is -0.117. The summed E-state index contributed by atoms with van der Waals surface area (Å²) >= 11 is 4.37. The summed E-state index contributed by atoms with van der Waals surface area (Å²) in [5.41, 5.74) is 5.46. The Kier molecular flexibility index (Phi) is 5.84. The second kappa shape index (κ2) is 6.16. The fraction of sp³-hybridized carbons (Fsp3) is 0.714. The van der Waals surface area contributed by atoms with E-state index < -0.39 is 0 Å². The average Bonchev–Trinajstić information content (AvgIpc) is 1.87. The Labute approximate surface area is 71.7 Å². The summed E-state index contributed by atoms with van der Waals surface area (Å²) in [5, 5.41) is 2.20. The number of hydrogen-bond donors (Lipinski definition) is 1. The normalized spacial score (nSPS) is 11.8. The second-order valence-electron chi connectivity index (χ2n) is 2.38. The van der Waals surface area contributed by atoms with E-state index in [-0.39, 0.29) is 11.9 Å². The Morgan fingerprint density at radius 2 is 2.45 bits per heavy atom. The molecule has 0 bridgehead atoms. The summed E-state index contributed by atoms with van der Waals surface area (Å²) in [6.45, 7) is 1.56. The van der Waals surface area contributed by atoms with Gasteiger partial charge in [-0.25, -0.2) is 4.99 Å². The van der Waals surface area contributed by atoms with Crippen molar-refractivity contribution in [2.24, 2.45) is 10.7 Å². The molecule has 0 aromatic rings. The number of carbonyl (C=O) groups is 1. The van der Waals surface area contributed by atoms with Crippen LogP contribution >= 0.6 is 12.2 Å². The van der Waals surface area contributed by atoms with Crippen LogP contribution in [0.1, 0.15) is 26.2 Å². The van der Waals surface area contributed by atoms with Crippen molar-refractivity contribution in [1.29, 1.82) is 0 Å². The molecular weight excluding hydrogens is 160 g/mol. The van der Waals surface area contributed by atoms with Gasteiger partial charge >= 0.3 is 0 Å². The molecule has 4 heteroatoms. The third kappa shape index (κ3) is 7.33. The van der Waals surface area contributed by atoms with E-state index in [9.17, 15) is 4.79 Å². The zero-order valence-electron chi connectivity index (χ0n) is 6.54. The maximum atomic E-state index is 10.5. The van der Waals surface area contributed by atoms with Crippen LogP contribution in [0, 0.1) is 0 Å². The first kappa shape index (κ1) is 10.4. The van der Waals surface area contributed by atoms with Crippen molar-refractivity contribution in [3.8, 4) is 0 Å². The Morgan fingerprint density at radius 1 is 1.82 bits per heavy atom. The van der Waals surface area contributed by atoms with Gasteiger partial charge in [0.2, 0.25) is 0 Å². The molecule has 1 atom stereocenters. The van der Waals surface area contributed by atoms with Gasteiger partial charge in [0, 0.05) is 6.42 Å². The molecule has 0 aromatic carbocycles. The van der Waals surface area contributed by atoms with Crippen molar-refractivity contribution in [3.63, 3.8) is 0 Å². The molecular formula is C7H12N2OS. The molecule has 0 aromatic heterocycles. The molecule has 62 valence electrons. The van der Waals surface area contributed by atoms with Gasteiger partial charge in [-0.3, -0.25) is 0 Å². The number of ketones is 1. The van der Waals surface area contributed by atoms with Gasteiger partial charge in [0.25, 0.3) is 0 Å². The molecule has 2 N–H and O–H groups in total. The molecule has 0 amide bonds. The first-order valence-electron chi connectivity index (χ1n) is 3.49. The minimum atomic E-state index is -0.285. The van der Waals surface area contributed by atoms with Crippen LogP contribution in [0.3, 0.4) is 0 Å². The Bertz CT molecular complexity index is 175. The first-order valence-corrected chi connectivity index (χ1v) is 3.89. The van der Waals surface area contributed by atoms with E-state index in [1.54, 1.807) is 6.92 Å². The largest absolute Gasteiger partial charge is 0.309 e. The van der Waals surface area contributed by atoms with E-state index in [1.807, 2.05) is 0 Å². The third-order valence-corrected chi connectivity index (χ3v) is 1.35. The first-order chi connectivity index (χ1) is 5.16. The maximum Gasteiger partial charge on any atom is 0.129 e. The van der Waals surface area contributed by atoms with Gasteiger partial charge in [-0.15, -0.1) is 0 Å². The van der Waals surface area contributed by atoms with Crippen LogP contribution < -0.4 is 5.73 Å². The number of thiocarbonyl (C=S) groups is 1. The van der Waals surface area contributed by atoms with Crippen LogP contribution in [0.5, 0.6) is 0 Å². The van der Waals surface area contributed by atoms with Gasteiger partial charge < -0.3 is 10.5 Å². The zero-order valence-corrected chi connectivity index (χ0v) is 7.36. The Hall–Kier alpha value is -0.570. The maximum absolute atomic E-state index is 10.5. The van der Waals surface area contributed by atoms with Crippen molar-refractivity contribution in [1.82, 2.24) is 0 Å². The molecule has 0 aliphatic rings. The predicted molar refractivity (Wildman–Crippen MR) is 47.5 cm³/mol. The van der Waals surface area contributed by atoms with Crippen LogP contribution in [0.25, 0.3) is 0 Å². The summed E-state index contributed by atoms with van der Waals surface area (Å²) in [5.74, 6) is 0.184. The van der Waals surface area contributed by atoms with Gasteiger partial charge in [-0.1, -0.05) is 0 Å². The molecule has 0 radical (unpaired) electrons. The highest BCUT2D eigenvalue weighted by Gasteiger charge is 1.99. The lowest BCUT2D eigenvalue weighted by Gasteiger charge is -2.01. The number of Topliss-reactive ketones (excluding diaryl/α,β-unsaturated/α-hetero) is 1. The van der Waals surface area contributed by atoms with Crippen LogP contribution in [0.2, 0.25) is 0 Å². The Balaban J connectivity index is 3.38. The number of aliphatic imine (C=N–C) groups is 1. The zero-order chi connectivity index (χ0) is 8.69. The van der Waals surface area contributed by atoms with Crippen LogP contribution in [-0.2, 0) is 4.79 Å². The van der Waals surface area contributed by atoms with Crippen LogP contribution in [0.4, 0.5) is 0 Å². The number of nitrogens with zero attached hydrogens (tertiary/aromatic N) is 1. The lowest BCUT2D eigenvalue weighted by Crippen LogP contribution is -2.16. The molecule has 3 nitrogen and oxygen atoms in total. The number of rotatable bonds is 5. The van der Waals surface area contributed by atoms with Crippen molar-refractivity contribution < 1.29 is 4.79 Å². The fourth-order valence-electron chi connectivity index (χ4n) is 0.692. The molecule has 0 fully saturated rings. The summed E-state index contributed by atoms with van der Waals surface area (Å²) in [6.07, 6.45) is 1.76. The van der Waals surface area contributed by atoms with E-state index in [1.165, 1.54) is 0 Å². The monoisotopic (exact) mass is 172 g/mol. The highest BCUT2D eigenvalue weighted by Crippen LogP contribution is 1.99. The van der Waals surface area contributed by atoms with Crippen molar-refractivity contribution in [2.45, 2.75) is 32.4 Å². The fourth-order valence-corrected chi connectivity index (χ4v) is 0.828. The molecule has 0 heterocycles. The van der Waals surface area contributed by atoms with E-state index in [0.29, 0.717) is 12.8 Å². The summed E-state index contributed by atoms with van der Waals surface area (Å²) < 4.78 is 0. The highest BCUT2D eigenvalue weighted by molar-refractivity contribution is 7.78. The lowest BCUT2D eigenvalue weighted by atomic mass is 10.2. The number of hydrogen-bond acceptors (Lipinski definition) is 4. The van der Waals surface area contributed by atoms with E-state index in [4.69, 9.17) is 5.73 Å². The van der Waals surface area contributed by atoms with E-state index in [2.05, 4.69) is 22.4 Å². The van der Waals surface area contributed by atoms with Crippen molar-refractivity contribution >= 4 is 23.2 Å². The van der Waals surface area contributed by atoms with Crippen LogP contribution in [0.15, 0.2) is 4.99 Å². The standard InChI is InChI=1S/C7H12N2OS/c1-6(10)3-2-4-7(8)9-5-11/h7H,2-4,8H2,1H3. The Morgan fingerprint density at radius 3 is 2.91 bits per heavy atom. The predicted octanol–water partition coefficient (Wildman–Crippen LogP) is 1.13. The average molecular weight is 172 g/mol. The summed E-state index contributed by atoms with van der Waals surface area (Å²) in [4.78, 5) is 14.1. The van der Waals surface area contributed by atoms with E-state index >= 15 is 0 Å². The molecule has 11 heavy (non-hydrogen) atoms. The minimum Gasteiger partial charge on any atom is -0.309 e. The number of carbonyl (C=O) groups excluding carboxylic acids is 1. The molecule has 0 saturated carbocycles. The van der Waals surface area contributed by atoms with E-state index in [0.717, 1.165) is 6.42 Å². The molecule has 0 saturated heterocycles. The van der Waals surface area contributed by atoms with Gasteiger partial charge in [0.1, 0.15) is 11.9 Å². The number of nitrogens with two attached hydrogens (primary N) is 1. The van der Waals surface area contributed by atoms with Crippen molar-refractivity contribution in [3.05, 3.63) is 0 Å². The van der Waals surface area contributed by atoms with Gasteiger partial charge in [0.05, 0.1) is 5.16 Å². The van der Waals surface area contributed by atoms with Crippen LogP contribution in [-0.4, -0.2) is 17.1 Å². The molecule has 1 unspecified atom stereocenters.